The van der Waals surface area contributed by atoms with Crippen molar-refractivity contribution in [2.45, 2.75) is 12.4 Å². The van der Waals surface area contributed by atoms with Crippen LogP contribution >= 0.6 is 0 Å². The van der Waals surface area contributed by atoms with E-state index >= 15 is 0 Å². The van der Waals surface area contributed by atoms with Gasteiger partial charge in [0.1, 0.15) is 0 Å². The van der Waals surface area contributed by atoms with Gasteiger partial charge in [-0.15, -0.1) is 0 Å². The van der Waals surface area contributed by atoms with Crippen molar-refractivity contribution in [3.63, 3.8) is 0 Å². The summed E-state index contributed by atoms with van der Waals surface area (Å²) >= 11 is 0. The van der Waals surface area contributed by atoms with Crippen LogP contribution in [-0.4, -0.2) is 0 Å². The second-order valence-electron chi connectivity index (χ2n) is 3.31. The number of hydrogen-bond donors (Lipinski definition) is 0. The number of rotatable bonds is 0. The van der Waals surface area contributed by atoms with Gasteiger partial charge in [-0.1, -0.05) is 5.56 Å². The minimum atomic E-state index is -4.95. The molecule has 0 saturated heterocycles. The van der Waals surface area contributed by atoms with E-state index in [2.05, 4.69) is 0 Å². The molecule has 0 aliphatic rings. The zero-order chi connectivity index (χ0) is 13.8. The molecule has 0 atom stereocenters. The van der Waals surface area contributed by atoms with Gasteiger partial charge in [0.15, 0.2) is 0 Å². The molecule has 0 radical (unpaired) electrons. The fraction of sp³-hybridized carbons (Fsp3) is 0.167. The first-order valence-corrected chi connectivity index (χ1v) is 4.79. The monoisotopic (exact) mass is 322 g/mol. The van der Waals surface area contributed by atoms with Crippen LogP contribution in [0.25, 0.3) is 0 Å². The zero-order valence-electron chi connectivity index (χ0n) is 9.24. The Hall–Kier alpha value is -1.20. The maximum Gasteiger partial charge on any atom is 0.394 e. The van der Waals surface area contributed by atoms with Crippen LogP contribution in [0.2, 0.25) is 0 Å². The third-order valence-corrected chi connectivity index (χ3v) is 1.98. The van der Waals surface area contributed by atoms with E-state index in [9.17, 15) is 26.3 Å². The molecule has 0 N–H and O–H groups in total. The van der Waals surface area contributed by atoms with Crippen LogP contribution in [0, 0.1) is 0 Å². The van der Waals surface area contributed by atoms with Gasteiger partial charge in [0.05, 0.1) is 0 Å². The maximum absolute atomic E-state index is 11.9. The molecule has 0 unspecified atom stereocenters. The van der Waals surface area contributed by atoms with Gasteiger partial charge in [-0.2, -0.15) is 32.4 Å². The summed E-state index contributed by atoms with van der Waals surface area (Å²) in [5.41, 5.74) is -3.28. The van der Waals surface area contributed by atoms with Crippen LogP contribution < -0.4 is 0 Å². The summed E-state index contributed by atoms with van der Waals surface area (Å²) in [7, 11) is 0. The van der Waals surface area contributed by atoms with Crippen molar-refractivity contribution in [1.82, 2.24) is 0 Å². The van der Waals surface area contributed by atoms with Crippen LogP contribution in [0.5, 0.6) is 0 Å². The average molecular weight is 322 g/mol. The molecule has 0 aromatic heterocycles. The first kappa shape index (κ1) is 17.8. The zero-order valence-corrected chi connectivity index (χ0v) is 10.3. The molecular weight excluding hydrogens is 314 g/mol. The van der Waals surface area contributed by atoms with Crippen molar-refractivity contribution in [1.29, 1.82) is 0 Å². The Bertz CT molecular complexity index is 404. The van der Waals surface area contributed by atoms with Crippen LogP contribution in [-0.2, 0) is 29.4 Å². The molecule has 112 valence electrons. The third-order valence-electron chi connectivity index (χ3n) is 1.98. The van der Waals surface area contributed by atoms with E-state index < -0.39 is 23.5 Å². The van der Waals surface area contributed by atoms with Gasteiger partial charge >= 0.3 is 12.4 Å². The summed E-state index contributed by atoms with van der Waals surface area (Å²) in [6.07, 6.45) is -9.90. The normalized spacial score (nSPS) is 11.3. The van der Waals surface area contributed by atoms with Crippen molar-refractivity contribution >= 4 is 0 Å². The summed E-state index contributed by atoms with van der Waals surface area (Å²) in [5, 5.41) is 0. The van der Waals surface area contributed by atoms with Gasteiger partial charge in [0, 0.05) is 17.1 Å². The van der Waals surface area contributed by atoms with Crippen molar-refractivity contribution in [2.24, 2.45) is 0 Å². The molecule has 0 spiro atoms. The van der Waals surface area contributed by atoms with E-state index in [0.717, 1.165) is 6.07 Å². The first-order valence-electron chi connectivity index (χ1n) is 4.79. The van der Waals surface area contributed by atoms with E-state index in [-0.39, 0.29) is 17.1 Å². The molecule has 0 amide bonds. The number of halogens is 6. The summed E-state index contributed by atoms with van der Waals surface area (Å²) in [6, 6.07) is 11.5. The standard InChI is InChI=1S/C7H3F6.C5H5.Fe/c8-6(9,10)4-2-1-3-5(4)7(11,12)13;1-2-4-5-3-1;/h1-3H;1-5H;/q-1;-5;. The minimum Gasteiger partial charge on any atom is -0.748 e. The van der Waals surface area contributed by atoms with Gasteiger partial charge in [0.2, 0.25) is 0 Å². The Morgan fingerprint density at radius 2 is 1.26 bits per heavy atom. The molecule has 0 saturated carbocycles. The average Bonchev–Trinajstić information content (AvgIpc) is 2.91. The Morgan fingerprint density at radius 1 is 0.842 bits per heavy atom. The Kier molecular flexibility index (Phi) is 6.39. The summed E-state index contributed by atoms with van der Waals surface area (Å²) in [5.74, 6) is 0. The fourth-order valence-electron chi connectivity index (χ4n) is 1.24. The van der Waals surface area contributed by atoms with Gasteiger partial charge < -0.3 is 30.3 Å². The van der Waals surface area contributed by atoms with Gasteiger partial charge in [0.25, 0.3) is 0 Å². The van der Waals surface area contributed by atoms with Crippen molar-refractivity contribution < 1.29 is 43.4 Å². The van der Waals surface area contributed by atoms with E-state index in [0.29, 0.717) is 12.1 Å². The molecule has 0 nitrogen and oxygen atoms in total. The summed E-state index contributed by atoms with van der Waals surface area (Å²) in [4.78, 5) is 0. The Labute approximate surface area is 116 Å². The maximum atomic E-state index is 11.9. The Morgan fingerprint density at radius 3 is 1.53 bits per heavy atom. The van der Waals surface area contributed by atoms with E-state index in [1.807, 2.05) is 30.3 Å². The summed E-state index contributed by atoms with van der Waals surface area (Å²) < 4.78 is 71.5. The second-order valence-corrected chi connectivity index (χ2v) is 3.31. The molecule has 0 fully saturated rings. The van der Waals surface area contributed by atoms with Crippen molar-refractivity contribution in [2.75, 3.05) is 0 Å². The van der Waals surface area contributed by atoms with E-state index in [1.54, 1.807) is 0 Å². The topological polar surface area (TPSA) is 0 Å². The molecule has 19 heavy (non-hydrogen) atoms. The number of alkyl halides is 6. The van der Waals surface area contributed by atoms with Crippen molar-refractivity contribution in [3.05, 3.63) is 59.7 Å². The quantitative estimate of drug-likeness (QED) is 0.370. The first-order chi connectivity index (χ1) is 8.23. The van der Waals surface area contributed by atoms with E-state index in [1.165, 1.54) is 0 Å². The third kappa shape index (κ3) is 5.53. The van der Waals surface area contributed by atoms with Gasteiger partial charge in [-0.25, -0.2) is 12.1 Å². The van der Waals surface area contributed by atoms with Crippen molar-refractivity contribution in [3.8, 4) is 0 Å². The molecule has 7 heteroatoms. The van der Waals surface area contributed by atoms with E-state index in [4.69, 9.17) is 0 Å². The Balaban J connectivity index is 0.000000454. The SMILES string of the molecule is FC(F)(F)c1ccc[c-]1C(F)(F)F.[Fe].[cH-]1[cH-][cH-][cH-][cH-]1. The predicted octanol–water partition coefficient (Wildman–Crippen LogP) is 4.85. The predicted molar refractivity (Wildman–Crippen MR) is 54.1 cm³/mol. The van der Waals surface area contributed by atoms with Crippen LogP contribution in [0.3, 0.4) is 0 Å². The molecule has 2 aromatic carbocycles. The summed E-state index contributed by atoms with van der Waals surface area (Å²) in [6.45, 7) is 0. The molecular formula is C12H8F6Fe-6. The molecule has 0 bridgehead atoms. The number of hydrogen-bond acceptors (Lipinski definition) is 0. The molecule has 0 aliphatic heterocycles. The van der Waals surface area contributed by atoms with Gasteiger partial charge in [-0.3, -0.25) is 0 Å². The fourth-order valence-corrected chi connectivity index (χ4v) is 1.24. The largest absolute Gasteiger partial charge is 0.748 e. The van der Waals surface area contributed by atoms with Crippen LogP contribution in [0.1, 0.15) is 11.1 Å². The molecule has 2 aromatic rings. The smallest absolute Gasteiger partial charge is 0.394 e. The second kappa shape index (κ2) is 6.82. The molecule has 0 aliphatic carbocycles. The van der Waals surface area contributed by atoms with Crippen LogP contribution in [0.4, 0.5) is 26.3 Å². The van der Waals surface area contributed by atoms with Crippen LogP contribution in [0.15, 0.2) is 48.5 Å². The van der Waals surface area contributed by atoms with Gasteiger partial charge in [-0.05, 0) is 5.56 Å². The minimum absolute atomic E-state index is 0. The molecule has 0 heterocycles. The molecule has 2 rings (SSSR count).